The third kappa shape index (κ3) is 2.71. The highest BCUT2D eigenvalue weighted by Crippen LogP contribution is 2.27. The molecule has 1 saturated carbocycles. The van der Waals surface area contributed by atoms with Crippen molar-refractivity contribution in [3.8, 4) is 5.75 Å². The lowest BCUT2D eigenvalue weighted by molar-refractivity contribution is 0.180. The SMILES string of the molecule is F[B-](F)(F)c1ccc(OCC2CCC2)cc1. The predicted octanol–water partition coefficient (Wildman–Crippen LogP) is 2.92. The minimum atomic E-state index is -4.89. The standard InChI is InChI=1S/C11H13BF3O/c13-12(14,15)10-4-6-11(7-5-10)16-8-9-2-1-3-9/h4-7,9H,1-3,8H2/q-1. The van der Waals surface area contributed by atoms with Gasteiger partial charge in [0.25, 0.3) is 0 Å². The molecule has 2 rings (SSSR count). The summed E-state index contributed by atoms with van der Waals surface area (Å²) in [5, 5.41) is 0. The van der Waals surface area contributed by atoms with Crippen LogP contribution in [0.2, 0.25) is 0 Å². The van der Waals surface area contributed by atoms with Crippen LogP contribution >= 0.6 is 0 Å². The Morgan fingerprint density at radius 1 is 1.12 bits per heavy atom. The Balaban J connectivity index is 1.91. The lowest BCUT2D eigenvalue weighted by Crippen LogP contribution is -2.33. The van der Waals surface area contributed by atoms with Crippen molar-refractivity contribution in [2.45, 2.75) is 19.3 Å². The van der Waals surface area contributed by atoms with Gasteiger partial charge in [0.1, 0.15) is 5.75 Å². The fourth-order valence-corrected chi connectivity index (χ4v) is 1.66. The van der Waals surface area contributed by atoms with Crippen LogP contribution in [0.3, 0.4) is 0 Å². The molecule has 0 aliphatic heterocycles. The second-order valence-corrected chi connectivity index (χ2v) is 4.25. The van der Waals surface area contributed by atoms with Gasteiger partial charge < -0.3 is 17.7 Å². The van der Waals surface area contributed by atoms with E-state index in [0.29, 0.717) is 18.3 Å². The molecular weight excluding hydrogens is 216 g/mol. The number of hydrogen-bond acceptors (Lipinski definition) is 1. The maximum Gasteiger partial charge on any atom is 0.509 e. The van der Waals surface area contributed by atoms with Crippen LogP contribution < -0.4 is 10.2 Å². The minimum Gasteiger partial charge on any atom is -0.493 e. The molecule has 0 saturated heterocycles. The Hall–Kier alpha value is -1.13. The highest BCUT2D eigenvalue weighted by atomic mass is 19.4. The Labute approximate surface area is 92.7 Å². The van der Waals surface area contributed by atoms with Gasteiger partial charge in [0, 0.05) is 0 Å². The summed E-state index contributed by atoms with van der Waals surface area (Å²) in [4.78, 5) is 0. The molecule has 1 aromatic carbocycles. The van der Waals surface area contributed by atoms with Crippen molar-refractivity contribution < 1.29 is 17.7 Å². The largest absolute Gasteiger partial charge is 0.509 e. The number of hydrogen-bond donors (Lipinski definition) is 0. The highest BCUT2D eigenvalue weighted by molar-refractivity contribution is 6.73. The monoisotopic (exact) mass is 229 g/mol. The Kier molecular flexibility index (Phi) is 3.12. The Morgan fingerprint density at radius 2 is 1.75 bits per heavy atom. The number of rotatable bonds is 4. The first-order chi connectivity index (χ1) is 7.55. The van der Waals surface area contributed by atoms with Crippen molar-refractivity contribution in [1.82, 2.24) is 0 Å². The minimum absolute atomic E-state index is 0.524. The molecule has 5 heteroatoms. The maximum absolute atomic E-state index is 12.3. The molecule has 0 aromatic heterocycles. The molecule has 0 N–H and O–H groups in total. The quantitative estimate of drug-likeness (QED) is 0.721. The lowest BCUT2D eigenvalue weighted by atomic mass is 9.80. The predicted molar refractivity (Wildman–Crippen MR) is 58.0 cm³/mol. The molecule has 1 aliphatic rings. The van der Waals surface area contributed by atoms with Gasteiger partial charge in [-0.2, -0.15) is 0 Å². The summed E-state index contributed by atoms with van der Waals surface area (Å²) < 4.78 is 42.4. The second kappa shape index (κ2) is 4.40. The zero-order valence-corrected chi connectivity index (χ0v) is 8.83. The van der Waals surface area contributed by atoms with E-state index >= 15 is 0 Å². The molecule has 0 atom stereocenters. The van der Waals surface area contributed by atoms with Gasteiger partial charge in [-0.15, -0.1) is 5.46 Å². The average molecular weight is 229 g/mol. The zero-order valence-electron chi connectivity index (χ0n) is 8.83. The van der Waals surface area contributed by atoms with Crippen LogP contribution in [0.25, 0.3) is 0 Å². The zero-order chi connectivity index (χ0) is 11.6. The summed E-state index contributed by atoms with van der Waals surface area (Å²) in [5.41, 5.74) is -0.573. The van der Waals surface area contributed by atoms with Crippen LogP contribution in [-0.2, 0) is 0 Å². The van der Waals surface area contributed by atoms with E-state index in [1.54, 1.807) is 0 Å². The Morgan fingerprint density at radius 3 is 2.19 bits per heavy atom. The normalized spacial score (nSPS) is 16.9. The molecule has 0 heterocycles. The first kappa shape index (κ1) is 11.4. The Bertz CT molecular complexity index is 343. The molecule has 0 amide bonds. The smallest absolute Gasteiger partial charge is 0.493 e. The second-order valence-electron chi connectivity index (χ2n) is 4.25. The average Bonchev–Trinajstić information content (AvgIpc) is 2.15. The van der Waals surface area contributed by atoms with Gasteiger partial charge >= 0.3 is 6.98 Å². The first-order valence-electron chi connectivity index (χ1n) is 5.48. The molecule has 0 unspecified atom stereocenters. The van der Waals surface area contributed by atoms with Gasteiger partial charge in [-0.1, -0.05) is 18.6 Å². The van der Waals surface area contributed by atoms with Gasteiger partial charge in [-0.25, -0.2) is 0 Å². The van der Waals surface area contributed by atoms with Gasteiger partial charge in [-0.05, 0) is 30.9 Å². The third-order valence-corrected chi connectivity index (χ3v) is 2.97. The van der Waals surface area contributed by atoms with Crippen molar-refractivity contribution in [3.05, 3.63) is 24.3 Å². The number of ether oxygens (including phenoxy) is 1. The molecule has 0 spiro atoms. The molecule has 0 radical (unpaired) electrons. The highest BCUT2D eigenvalue weighted by Gasteiger charge is 2.25. The van der Waals surface area contributed by atoms with Crippen LogP contribution in [0.15, 0.2) is 24.3 Å². The molecule has 1 aromatic rings. The van der Waals surface area contributed by atoms with Crippen LogP contribution in [-0.4, -0.2) is 13.6 Å². The summed E-state index contributed by atoms with van der Waals surface area (Å²) >= 11 is 0. The van der Waals surface area contributed by atoms with Crippen molar-refractivity contribution in [2.24, 2.45) is 5.92 Å². The first-order valence-corrected chi connectivity index (χ1v) is 5.48. The van der Waals surface area contributed by atoms with Crippen molar-refractivity contribution in [2.75, 3.05) is 6.61 Å². The summed E-state index contributed by atoms with van der Waals surface area (Å²) in [7, 11) is 0. The molecule has 0 bridgehead atoms. The fraction of sp³-hybridized carbons (Fsp3) is 0.455. The molecule has 88 valence electrons. The van der Waals surface area contributed by atoms with Gasteiger partial charge in [0.05, 0.1) is 6.61 Å². The fourth-order valence-electron chi connectivity index (χ4n) is 1.66. The van der Waals surface area contributed by atoms with Crippen molar-refractivity contribution in [3.63, 3.8) is 0 Å². The van der Waals surface area contributed by atoms with Crippen LogP contribution in [0, 0.1) is 5.92 Å². The summed E-state index contributed by atoms with van der Waals surface area (Å²) in [6.07, 6.45) is 3.58. The third-order valence-electron chi connectivity index (χ3n) is 2.97. The summed E-state index contributed by atoms with van der Waals surface area (Å²) in [6, 6.07) is 4.94. The van der Waals surface area contributed by atoms with Crippen molar-refractivity contribution >= 4 is 12.4 Å². The van der Waals surface area contributed by atoms with E-state index in [0.717, 1.165) is 12.1 Å². The van der Waals surface area contributed by atoms with Gasteiger partial charge in [-0.3, -0.25) is 0 Å². The van der Waals surface area contributed by atoms with Gasteiger partial charge in [0.2, 0.25) is 0 Å². The number of halogens is 3. The topological polar surface area (TPSA) is 9.23 Å². The maximum atomic E-state index is 12.3. The lowest BCUT2D eigenvalue weighted by Gasteiger charge is -2.25. The van der Waals surface area contributed by atoms with E-state index < -0.39 is 12.4 Å². The van der Waals surface area contributed by atoms with Crippen LogP contribution in [0.4, 0.5) is 12.9 Å². The molecule has 1 fully saturated rings. The molecular formula is C11H13BF3O-. The molecule has 16 heavy (non-hydrogen) atoms. The van der Waals surface area contributed by atoms with E-state index in [-0.39, 0.29) is 0 Å². The summed E-state index contributed by atoms with van der Waals surface area (Å²) in [6.45, 7) is -4.27. The van der Waals surface area contributed by atoms with Crippen molar-refractivity contribution in [1.29, 1.82) is 0 Å². The van der Waals surface area contributed by atoms with Crippen LogP contribution in [0.1, 0.15) is 19.3 Å². The van der Waals surface area contributed by atoms with E-state index in [1.165, 1.54) is 31.4 Å². The van der Waals surface area contributed by atoms with E-state index in [2.05, 4.69) is 0 Å². The van der Waals surface area contributed by atoms with E-state index in [1.807, 2.05) is 0 Å². The molecule has 1 nitrogen and oxygen atoms in total. The van der Waals surface area contributed by atoms with E-state index in [9.17, 15) is 12.9 Å². The van der Waals surface area contributed by atoms with Gasteiger partial charge in [0.15, 0.2) is 0 Å². The van der Waals surface area contributed by atoms with Crippen LogP contribution in [0.5, 0.6) is 5.75 Å². The summed E-state index contributed by atoms with van der Waals surface area (Å²) in [5.74, 6) is 1.11. The molecule has 1 aliphatic carbocycles. The number of benzene rings is 1. The van der Waals surface area contributed by atoms with E-state index in [4.69, 9.17) is 4.74 Å².